The number of carbonyl (C=O) groups excluding carboxylic acids is 1. The maximum Gasteiger partial charge on any atom is 0.169 e. The molecule has 0 saturated heterocycles. The lowest BCUT2D eigenvalue weighted by Crippen LogP contribution is -2.15. The van der Waals surface area contributed by atoms with Crippen LogP contribution in [0.4, 0.5) is 0 Å². The van der Waals surface area contributed by atoms with Crippen LogP contribution in [0, 0.1) is 5.92 Å². The van der Waals surface area contributed by atoms with Gasteiger partial charge in [-0.15, -0.1) is 0 Å². The van der Waals surface area contributed by atoms with Crippen LogP contribution in [-0.4, -0.2) is 12.9 Å². The molecule has 98 valence electrons. The summed E-state index contributed by atoms with van der Waals surface area (Å²) in [5, 5.41) is 0.601. The molecular weight excluding hydrogens is 248 g/mol. The first-order valence-corrected chi connectivity index (χ1v) is 6.98. The number of hydrogen-bond donors (Lipinski definition) is 0. The second-order valence-corrected chi connectivity index (χ2v) is 5.33. The van der Waals surface area contributed by atoms with E-state index in [9.17, 15) is 4.79 Å². The van der Waals surface area contributed by atoms with Crippen LogP contribution < -0.4 is 4.74 Å². The van der Waals surface area contributed by atoms with E-state index < -0.39 is 0 Å². The normalized spacial score (nSPS) is 17.2. The zero-order chi connectivity index (χ0) is 13.0. The number of halogens is 1. The predicted octanol–water partition coefficient (Wildman–Crippen LogP) is 4.50. The van der Waals surface area contributed by atoms with E-state index in [-0.39, 0.29) is 11.7 Å². The summed E-state index contributed by atoms with van der Waals surface area (Å²) in [6.45, 7) is 0. The maximum atomic E-state index is 12.5. The van der Waals surface area contributed by atoms with Crippen molar-refractivity contribution < 1.29 is 9.53 Å². The van der Waals surface area contributed by atoms with Crippen molar-refractivity contribution >= 4 is 17.4 Å². The van der Waals surface area contributed by atoms with Gasteiger partial charge in [-0.1, -0.05) is 37.3 Å². The molecule has 2 nitrogen and oxygen atoms in total. The Morgan fingerprint density at radius 3 is 2.50 bits per heavy atom. The molecule has 1 saturated carbocycles. The van der Waals surface area contributed by atoms with Crippen molar-refractivity contribution in [3.63, 3.8) is 0 Å². The Kier molecular flexibility index (Phi) is 4.65. The van der Waals surface area contributed by atoms with Crippen molar-refractivity contribution in [1.29, 1.82) is 0 Å². The maximum absolute atomic E-state index is 12.5. The molecule has 0 radical (unpaired) electrons. The molecule has 18 heavy (non-hydrogen) atoms. The van der Waals surface area contributed by atoms with Gasteiger partial charge in [-0.2, -0.15) is 0 Å². The van der Waals surface area contributed by atoms with E-state index in [1.807, 2.05) is 0 Å². The van der Waals surface area contributed by atoms with Gasteiger partial charge in [0, 0.05) is 10.9 Å². The molecule has 3 heteroatoms. The Balaban J connectivity index is 2.21. The smallest absolute Gasteiger partial charge is 0.169 e. The van der Waals surface area contributed by atoms with Gasteiger partial charge in [0.15, 0.2) is 5.78 Å². The van der Waals surface area contributed by atoms with E-state index in [2.05, 4.69) is 0 Å². The second kappa shape index (κ2) is 6.24. The number of benzene rings is 1. The molecule has 1 aliphatic carbocycles. The fraction of sp³-hybridized carbons (Fsp3) is 0.533. The van der Waals surface area contributed by atoms with Gasteiger partial charge in [0.05, 0.1) is 12.7 Å². The van der Waals surface area contributed by atoms with E-state index in [0.717, 1.165) is 25.7 Å². The van der Waals surface area contributed by atoms with Crippen molar-refractivity contribution in [2.24, 2.45) is 5.92 Å². The number of carbonyl (C=O) groups is 1. The Morgan fingerprint density at radius 1 is 1.22 bits per heavy atom. The standard InChI is InChI=1S/C15H19ClO2/c1-18-14-10-12(16)8-9-13(14)15(17)11-6-4-2-3-5-7-11/h8-11H,2-7H2,1H3. The second-order valence-electron chi connectivity index (χ2n) is 4.90. The molecule has 0 aromatic heterocycles. The fourth-order valence-corrected chi connectivity index (χ4v) is 2.79. The molecule has 1 fully saturated rings. The van der Waals surface area contributed by atoms with Crippen LogP contribution in [0.3, 0.4) is 0 Å². The third-order valence-corrected chi connectivity index (χ3v) is 3.89. The quantitative estimate of drug-likeness (QED) is 0.595. The van der Waals surface area contributed by atoms with Gasteiger partial charge in [0.2, 0.25) is 0 Å². The van der Waals surface area contributed by atoms with Gasteiger partial charge >= 0.3 is 0 Å². The van der Waals surface area contributed by atoms with Crippen LogP contribution >= 0.6 is 11.6 Å². The van der Waals surface area contributed by atoms with E-state index in [1.54, 1.807) is 25.3 Å². The summed E-state index contributed by atoms with van der Waals surface area (Å²) in [5.41, 5.74) is 0.675. The summed E-state index contributed by atoms with van der Waals surface area (Å²) in [7, 11) is 1.58. The van der Waals surface area contributed by atoms with Crippen molar-refractivity contribution in [1.82, 2.24) is 0 Å². The molecule has 0 spiro atoms. The van der Waals surface area contributed by atoms with Crippen LogP contribution in [0.1, 0.15) is 48.9 Å². The Labute approximate surface area is 113 Å². The van der Waals surface area contributed by atoms with Gasteiger partial charge in [-0.25, -0.2) is 0 Å². The van der Waals surface area contributed by atoms with Crippen molar-refractivity contribution in [3.05, 3.63) is 28.8 Å². The molecule has 0 unspecified atom stereocenters. The van der Waals surface area contributed by atoms with Gasteiger partial charge in [-0.05, 0) is 31.0 Å². The lowest BCUT2D eigenvalue weighted by Gasteiger charge is -2.15. The SMILES string of the molecule is COc1cc(Cl)ccc1C(=O)C1CCCCCC1. The topological polar surface area (TPSA) is 26.3 Å². The fourth-order valence-electron chi connectivity index (χ4n) is 2.63. The highest BCUT2D eigenvalue weighted by Crippen LogP contribution is 2.30. The lowest BCUT2D eigenvalue weighted by molar-refractivity contribution is 0.0905. The van der Waals surface area contributed by atoms with Crippen LogP contribution in [0.15, 0.2) is 18.2 Å². The average Bonchev–Trinajstić information content (AvgIpc) is 2.66. The molecule has 1 aliphatic rings. The highest BCUT2D eigenvalue weighted by atomic mass is 35.5. The molecule has 0 heterocycles. The minimum absolute atomic E-state index is 0.155. The summed E-state index contributed by atoms with van der Waals surface area (Å²) in [6.07, 6.45) is 6.83. The summed E-state index contributed by atoms with van der Waals surface area (Å²) < 4.78 is 5.26. The van der Waals surface area contributed by atoms with Crippen LogP contribution in [0.25, 0.3) is 0 Å². The van der Waals surface area contributed by atoms with Crippen LogP contribution in [0.5, 0.6) is 5.75 Å². The predicted molar refractivity (Wildman–Crippen MR) is 73.5 cm³/mol. The van der Waals surface area contributed by atoms with E-state index in [0.29, 0.717) is 16.3 Å². The van der Waals surface area contributed by atoms with Gasteiger partial charge in [0.1, 0.15) is 5.75 Å². The number of rotatable bonds is 3. The largest absolute Gasteiger partial charge is 0.496 e. The molecule has 0 aliphatic heterocycles. The molecule has 0 bridgehead atoms. The van der Waals surface area contributed by atoms with E-state index in [1.165, 1.54) is 12.8 Å². The molecule has 0 atom stereocenters. The number of ether oxygens (including phenoxy) is 1. The molecule has 2 rings (SSSR count). The molecule has 1 aromatic rings. The zero-order valence-corrected chi connectivity index (χ0v) is 11.5. The van der Waals surface area contributed by atoms with Crippen molar-refractivity contribution in [2.45, 2.75) is 38.5 Å². The van der Waals surface area contributed by atoms with Crippen molar-refractivity contribution in [3.8, 4) is 5.75 Å². The van der Waals surface area contributed by atoms with Crippen molar-refractivity contribution in [2.75, 3.05) is 7.11 Å². The minimum atomic E-state index is 0.155. The first-order chi connectivity index (χ1) is 8.72. The third kappa shape index (κ3) is 3.05. The van der Waals surface area contributed by atoms with Crippen LogP contribution in [0.2, 0.25) is 5.02 Å². The lowest BCUT2D eigenvalue weighted by atomic mass is 9.90. The average molecular weight is 267 g/mol. The van der Waals surface area contributed by atoms with Gasteiger partial charge in [0.25, 0.3) is 0 Å². The third-order valence-electron chi connectivity index (χ3n) is 3.65. The molecule has 1 aromatic carbocycles. The monoisotopic (exact) mass is 266 g/mol. The van der Waals surface area contributed by atoms with Gasteiger partial charge in [-0.3, -0.25) is 4.79 Å². The van der Waals surface area contributed by atoms with E-state index >= 15 is 0 Å². The summed E-state index contributed by atoms with van der Waals surface area (Å²) in [5.74, 6) is 0.963. The minimum Gasteiger partial charge on any atom is -0.496 e. The van der Waals surface area contributed by atoms with Gasteiger partial charge < -0.3 is 4.74 Å². The first-order valence-electron chi connectivity index (χ1n) is 6.60. The number of hydrogen-bond acceptors (Lipinski definition) is 2. The Hall–Kier alpha value is -1.02. The summed E-state index contributed by atoms with van der Waals surface area (Å²) >= 11 is 5.92. The highest BCUT2D eigenvalue weighted by Gasteiger charge is 2.23. The molecule has 0 amide bonds. The Morgan fingerprint density at radius 2 is 1.89 bits per heavy atom. The van der Waals surface area contributed by atoms with E-state index in [4.69, 9.17) is 16.3 Å². The highest BCUT2D eigenvalue weighted by molar-refractivity contribution is 6.30. The van der Waals surface area contributed by atoms with Crippen LogP contribution in [-0.2, 0) is 0 Å². The number of methoxy groups -OCH3 is 1. The first kappa shape index (κ1) is 13.4. The zero-order valence-electron chi connectivity index (χ0n) is 10.7. The molecular formula is C15H19ClO2. The summed E-state index contributed by atoms with van der Waals surface area (Å²) in [6, 6.07) is 5.26. The molecule has 0 N–H and O–H groups in total. The number of ketones is 1. The summed E-state index contributed by atoms with van der Waals surface area (Å²) in [4.78, 5) is 12.5. The number of Topliss-reactive ketones (excluding diaryl/α,β-unsaturated/α-hetero) is 1. The Bertz CT molecular complexity index is 421.